The number of amides is 1. The molecule has 4 N–H and O–H groups in total. The number of carbonyl (C=O) groups excluding carboxylic acids is 1. The molecule has 6 heteroatoms. The van der Waals surface area contributed by atoms with Crippen LogP contribution in [0.4, 0.5) is 5.69 Å². The molecule has 1 aliphatic heterocycles. The topological polar surface area (TPSA) is 93.8 Å². The zero-order valence-electron chi connectivity index (χ0n) is 11.7. The van der Waals surface area contributed by atoms with Crippen LogP contribution in [0.5, 0.6) is 5.75 Å². The SMILES string of the molecule is COc1cc(C(=O)NCC2(O)CCOC2C)ccc1N. The van der Waals surface area contributed by atoms with Gasteiger partial charge in [0.2, 0.25) is 0 Å². The summed E-state index contributed by atoms with van der Waals surface area (Å²) < 4.78 is 10.4. The lowest BCUT2D eigenvalue weighted by molar-refractivity contribution is -0.0251. The average molecular weight is 280 g/mol. The van der Waals surface area contributed by atoms with Crippen LogP contribution in [0.15, 0.2) is 18.2 Å². The lowest BCUT2D eigenvalue weighted by Gasteiger charge is -2.26. The molecule has 0 saturated carbocycles. The summed E-state index contributed by atoms with van der Waals surface area (Å²) in [6.45, 7) is 2.45. The van der Waals surface area contributed by atoms with E-state index >= 15 is 0 Å². The van der Waals surface area contributed by atoms with Crippen molar-refractivity contribution in [1.82, 2.24) is 5.32 Å². The number of hydrogen-bond acceptors (Lipinski definition) is 5. The van der Waals surface area contributed by atoms with Crippen LogP contribution in [0.2, 0.25) is 0 Å². The van der Waals surface area contributed by atoms with Crippen LogP contribution in [0.25, 0.3) is 0 Å². The summed E-state index contributed by atoms with van der Waals surface area (Å²) in [4.78, 5) is 12.1. The largest absolute Gasteiger partial charge is 0.495 e. The van der Waals surface area contributed by atoms with Gasteiger partial charge in [0.05, 0.1) is 18.9 Å². The van der Waals surface area contributed by atoms with Crippen molar-refractivity contribution >= 4 is 11.6 Å². The highest BCUT2D eigenvalue weighted by molar-refractivity contribution is 5.95. The van der Waals surface area contributed by atoms with E-state index in [0.717, 1.165) is 0 Å². The fraction of sp³-hybridized carbons (Fsp3) is 0.500. The van der Waals surface area contributed by atoms with Crippen LogP contribution < -0.4 is 15.8 Å². The van der Waals surface area contributed by atoms with Crippen LogP contribution >= 0.6 is 0 Å². The van der Waals surface area contributed by atoms with Crippen LogP contribution in [0.3, 0.4) is 0 Å². The molecule has 6 nitrogen and oxygen atoms in total. The quantitative estimate of drug-likeness (QED) is 0.700. The predicted molar refractivity (Wildman–Crippen MR) is 74.7 cm³/mol. The Balaban J connectivity index is 2.02. The zero-order chi connectivity index (χ0) is 14.8. The predicted octanol–water partition coefficient (Wildman–Crippen LogP) is 0.547. The molecule has 1 amide bonds. The van der Waals surface area contributed by atoms with Gasteiger partial charge in [0.1, 0.15) is 11.4 Å². The first-order valence-corrected chi connectivity index (χ1v) is 6.52. The Morgan fingerprint density at radius 2 is 2.40 bits per heavy atom. The number of nitrogens with two attached hydrogens (primary N) is 1. The molecule has 0 bridgehead atoms. The van der Waals surface area contributed by atoms with Gasteiger partial charge in [-0.05, 0) is 25.1 Å². The molecular formula is C14H20N2O4. The summed E-state index contributed by atoms with van der Waals surface area (Å²) in [5, 5.41) is 13.0. The number of ether oxygens (including phenoxy) is 2. The lowest BCUT2D eigenvalue weighted by Crippen LogP contribution is -2.47. The Labute approximate surface area is 117 Å². The summed E-state index contributed by atoms with van der Waals surface area (Å²) in [5.74, 6) is 0.171. The van der Waals surface area contributed by atoms with Crippen LogP contribution in [0, 0.1) is 0 Å². The van der Waals surface area contributed by atoms with E-state index in [1.54, 1.807) is 25.1 Å². The van der Waals surface area contributed by atoms with Gasteiger partial charge < -0.3 is 25.6 Å². The second kappa shape index (κ2) is 5.68. The third-order valence-electron chi connectivity index (χ3n) is 3.71. The number of methoxy groups -OCH3 is 1. The van der Waals surface area contributed by atoms with Gasteiger partial charge in [0, 0.05) is 25.1 Å². The highest BCUT2D eigenvalue weighted by atomic mass is 16.5. The van der Waals surface area contributed by atoms with Gasteiger partial charge in [-0.15, -0.1) is 0 Å². The standard InChI is InChI=1S/C14H20N2O4/c1-9-14(18,5-6-20-9)8-16-13(17)10-3-4-11(15)12(7-10)19-2/h3-4,7,9,18H,5-6,8,15H2,1-2H3,(H,16,17). The van der Waals surface area contributed by atoms with Crippen molar-refractivity contribution in [2.45, 2.75) is 25.0 Å². The number of hydrogen-bond donors (Lipinski definition) is 3. The highest BCUT2D eigenvalue weighted by Crippen LogP contribution is 2.25. The van der Waals surface area contributed by atoms with Crippen LogP contribution in [-0.2, 0) is 4.74 Å². The van der Waals surface area contributed by atoms with Gasteiger partial charge in [-0.1, -0.05) is 0 Å². The van der Waals surface area contributed by atoms with E-state index in [-0.39, 0.29) is 18.6 Å². The Hall–Kier alpha value is -1.79. The first-order chi connectivity index (χ1) is 9.46. The van der Waals surface area contributed by atoms with E-state index < -0.39 is 5.60 Å². The molecule has 20 heavy (non-hydrogen) atoms. The summed E-state index contributed by atoms with van der Waals surface area (Å²) in [6.07, 6.45) is 0.225. The van der Waals surface area contributed by atoms with Crippen molar-refractivity contribution in [3.8, 4) is 5.75 Å². The highest BCUT2D eigenvalue weighted by Gasteiger charge is 2.39. The molecule has 1 aromatic rings. The van der Waals surface area contributed by atoms with Crippen molar-refractivity contribution in [3.05, 3.63) is 23.8 Å². The maximum atomic E-state index is 12.1. The third kappa shape index (κ3) is 2.86. The van der Waals surface area contributed by atoms with Crippen molar-refractivity contribution < 1.29 is 19.4 Å². The van der Waals surface area contributed by atoms with E-state index in [9.17, 15) is 9.90 Å². The number of anilines is 1. The first-order valence-electron chi connectivity index (χ1n) is 6.52. The van der Waals surface area contributed by atoms with Gasteiger partial charge >= 0.3 is 0 Å². The minimum absolute atomic E-state index is 0.152. The number of carbonyl (C=O) groups is 1. The van der Waals surface area contributed by atoms with Crippen molar-refractivity contribution in [3.63, 3.8) is 0 Å². The van der Waals surface area contributed by atoms with E-state index in [1.807, 2.05) is 0 Å². The molecule has 1 aromatic carbocycles. The normalized spacial score (nSPS) is 25.4. The van der Waals surface area contributed by atoms with Crippen molar-refractivity contribution in [2.24, 2.45) is 0 Å². The van der Waals surface area contributed by atoms with E-state index in [0.29, 0.717) is 30.0 Å². The van der Waals surface area contributed by atoms with Crippen molar-refractivity contribution in [2.75, 3.05) is 26.0 Å². The fourth-order valence-electron chi connectivity index (χ4n) is 2.19. The minimum atomic E-state index is -1.01. The molecule has 1 heterocycles. The van der Waals surface area contributed by atoms with Gasteiger partial charge in [-0.2, -0.15) is 0 Å². The lowest BCUT2D eigenvalue weighted by atomic mass is 9.96. The second-order valence-electron chi connectivity index (χ2n) is 5.01. The summed E-state index contributed by atoms with van der Waals surface area (Å²) in [7, 11) is 1.49. The second-order valence-corrected chi connectivity index (χ2v) is 5.01. The zero-order valence-corrected chi connectivity index (χ0v) is 11.7. The molecule has 1 saturated heterocycles. The molecule has 0 aromatic heterocycles. The van der Waals surface area contributed by atoms with E-state index in [4.69, 9.17) is 15.2 Å². The monoisotopic (exact) mass is 280 g/mol. The Morgan fingerprint density at radius 1 is 1.65 bits per heavy atom. The Bertz CT molecular complexity index is 506. The molecule has 2 unspecified atom stereocenters. The third-order valence-corrected chi connectivity index (χ3v) is 3.71. The van der Waals surface area contributed by atoms with Gasteiger partial charge in [0.25, 0.3) is 5.91 Å². The molecule has 0 spiro atoms. The summed E-state index contributed by atoms with van der Waals surface area (Å²) in [6, 6.07) is 4.80. The first kappa shape index (κ1) is 14.6. The van der Waals surface area contributed by atoms with Crippen LogP contribution in [0.1, 0.15) is 23.7 Å². The maximum absolute atomic E-state index is 12.1. The number of rotatable bonds is 4. The Kier molecular flexibility index (Phi) is 4.15. The van der Waals surface area contributed by atoms with Crippen LogP contribution in [-0.4, -0.2) is 43.0 Å². The van der Waals surface area contributed by atoms with Gasteiger partial charge in [0.15, 0.2) is 0 Å². The van der Waals surface area contributed by atoms with Gasteiger partial charge in [-0.3, -0.25) is 4.79 Å². The van der Waals surface area contributed by atoms with E-state index in [1.165, 1.54) is 7.11 Å². The van der Waals surface area contributed by atoms with Crippen molar-refractivity contribution in [1.29, 1.82) is 0 Å². The minimum Gasteiger partial charge on any atom is -0.495 e. The smallest absolute Gasteiger partial charge is 0.251 e. The summed E-state index contributed by atoms with van der Waals surface area (Å²) >= 11 is 0. The Morgan fingerprint density at radius 3 is 3.00 bits per heavy atom. The molecular weight excluding hydrogens is 260 g/mol. The molecule has 0 radical (unpaired) electrons. The number of aliphatic hydroxyl groups is 1. The number of benzene rings is 1. The fourth-order valence-corrected chi connectivity index (χ4v) is 2.19. The molecule has 2 atom stereocenters. The molecule has 1 fully saturated rings. The molecule has 2 rings (SSSR count). The molecule has 110 valence electrons. The average Bonchev–Trinajstić information content (AvgIpc) is 2.77. The number of nitrogens with one attached hydrogen (secondary N) is 1. The maximum Gasteiger partial charge on any atom is 0.251 e. The number of nitrogen functional groups attached to an aromatic ring is 1. The van der Waals surface area contributed by atoms with E-state index in [2.05, 4.69) is 5.32 Å². The molecule has 0 aliphatic carbocycles. The van der Waals surface area contributed by atoms with Gasteiger partial charge in [-0.25, -0.2) is 0 Å². The molecule has 1 aliphatic rings. The summed E-state index contributed by atoms with van der Waals surface area (Å²) in [5.41, 5.74) is 5.60.